The van der Waals surface area contributed by atoms with Crippen molar-refractivity contribution in [3.8, 4) is 0 Å². The zero-order chi connectivity index (χ0) is 9.28. The van der Waals surface area contributed by atoms with Crippen molar-refractivity contribution in [3.05, 3.63) is 0 Å². The maximum atomic E-state index is 9.26. The summed E-state index contributed by atoms with van der Waals surface area (Å²) in [5.74, 6) is -0.995. The van der Waals surface area contributed by atoms with Crippen molar-refractivity contribution in [1.29, 1.82) is 0 Å². The van der Waals surface area contributed by atoms with E-state index in [4.69, 9.17) is 0 Å². The molecule has 0 unspecified atom stereocenters. The Bertz CT molecular complexity index is 90.1. The van der Waals surface area contributed by atoms with Gasteiger partial charge in [-0.3, -0.25) is 0 Å². The summed E-state index contributed by atoms with van der Waals surface area (Å²) in [6, 6.07) is 0. The molecular weight excluding hydrogens is 142 g/mol. The predicted octanol–water partition coefficient (Wildman–Crippen LogP) is -1.31. The van der Waals surface area contributed by atoms with Crippen LogP contribution in [0.4, 0.5) is 0 Å². The fourth-order valence-electron chi connectivity index (χ4n) is 0.250. The predicted molar refractivity (Wildman–Crippen MR) is 43.3 cm³/mol. The number of carboxylic acid groups (broad SMARTS) is 1. The van der Waals surface area contributed by atoms with Crippen molar-refractivity contribution >= 4 is 5.97 Å². The molecular formula is C8H19NO2. The molecule has 0 aliphatic rings. The molecule has 0 saturated carbocycles. The fraction of sp³-hybridized carbons (Fsp3) is 0.875. The number of nitrogens with one attached hydrogen (secondary N) is 1. The summed E-state index contributed by atoms with van der Waals surface area (Å²) in [6.45, 7) is 8.42. The van der Waals surface area contributed by atoms with Gasteiger partial charge in [0.1, 0.15) is 0 Å². The lowest BCUT2D eigenvalue weighted by molar-refractivity contribution is -0.875. The molecule has 0 spiro atoms. The molecule has 3 heteroatoms. The third-order valence-corrected chi connectivity index (χ3v) is 1.50. The summed E-state index contributed by atoms with van der Waals surface area (Å²) in [4.78, 5) is 10.8. The fourth-order valence-corrected chi connectivity index (χ4v) is 0.250. The maximum Gasteiger partial charge on any atom is 0.0740 e. The van der Waals surface area contributed by atoms with E-state index in [0.29, 0.717) is 0 Å². The van der Waals surface area contributed by atoms with E-state index >= 15 is 0 Å². The number of carbonyl (C=O) groups excluding carboxylic acids is 1. The van der Waals surface area contributed by atoms with E-state index in [1.54, 1.807) is 4.90 Å². The van der Waals surface area contributed by atoms with Crippen molar-refractivity contribution in [3.63, 3.8) is 0 Å². The van der Waals surface area contributed by atoms with Gasteiger partial charge in [0, 0.05) is 5.97 Å². The summed E-state index contributed by atoms with van der Waals surface area (Å²) in [5.41, 5.74) is 0. The number of carbonyl (C=O) groups is 1. The molecule has 68 valence electrons. The zero-order valence-electron chi connectivity index (χ0n) is 7.94. The zero-order valence-corrected chi connectivity index (χ0v) is 7.94. The second-order valence-electron chi connectivity index (χ2n) is 2.39. The van der Waals surface area contributed by atoms with Crippen LogP contribution in [-0.2, 0) is 4.79 Å². The lowest BCUT2D eigenvalue weighted by Gasteiger charge is -2.04. The number of aliphatic carboxylic acids is 1. The van der Waals surface area contributed by atoms with E-state index in [9.17, 15) is 9.90 Å². The van der Waals surface area contributed by atoms with Gasteiger partial charge in [-0.1, -0.05) is 6.92 Å². The van der Waals surface area contributed by atoms with Crippen LogP contribution in [0.25, 0.3) is 0 Å². The first-order chi connectivity index (χ1) is 5.08. The van der Waals surface area contributed by atoms with Gasteiger partial charge in [0.25, 0.3) is 0 Å². The maximum absolute atomic E-state index is 9.26. The van der Waals surface area contributed by atoms with Crippen LogP contribution in [0.1, 0.15) is 27.2 Å². The summed E-state index contributed by atoms with van der Waals surface area (Å²) in [6.07, 6.45) is 0.111. The molecule has 0 saturated heterocycles. The molecule has 3 nitrogen and oxygen atoms in total. The Morgan fingerprint density at radius 2 is 1.55 bits per heavy atom. The SMILES string of the molecule is CCC(=O)[O-].CC[NH+](C)CC. The number of hydrogen-bond acceptors (Lipinski definition) is 2. The molecule has 0 aromatic rings. The topological polar surface area (TPSA) is 44.6 Å². The third-order valence-electron chi connectivity index (χ3n) is 1.50. The van der Waals surface area contributed by atoms with Gasteiger partial charge in [-0.2, -0.15) is 0 Å². The lowest BCUT2D eigenvalue weighted by atomic mass is 10.5. The number of carboxylic acids is 1. The minimum atomic E-state index is -0.995. The van der Waals surface area contributed by atoms with E-state index in [2.05, 4.69) is 20.9 Å². The van der Waals surface area contributed by atoms with E-state index in [-0.39, 0.29) is 6.42 Å². The number of quaternary nitrogens is 1. The van der Waals surface area contributed by atoms with Crippen LogP contribution in [0.15, 0.2) is 0 Å². The Morgan fingerprint density at radius 3 is 1.55 bits per heavy atom. The molecule has 0 aliphatic carbocycles. The molecule has 0 amide bonds. The van der Waals surface area contributed by atoms with Gasteiger partial charge in [-0.25, -0.2) is 0 Å². The molecule has 0 aromatic carbocycles. The smallest absolute Gasteiger partial charge is 0.0740 e. The van der Waals surface area contributed by atoms with Gasteiger partial charge in [0.2, 0.25) is 0 Å². The van der Waals surface area contributed by atoms with E-state index in [0.717, 1.165) is 0 Å². The first kappa shape index (κ1) is 13.1. The molecule has 0 heterocycles. The normalized spacial score (nSPS) is 8.82. The van der Waals surface area contributed by atoms with Crippen molar-refractivity contribution in [1.82, 2.24) is 0 Å². The number of hydrogen-bond donors (Lipinski definition) is 1. The average Bonchev–Trinajstić information content (AvgIpc) is 2.04. The standard InChI is InChI=1S/C5H13N.C3H6O2/c1-4-6(3)5-2;1-2-3(4)5/h4-5H2,1-3H3;2H2,1H3,(H,4,5). The van der Waals surface area contributed by atoms with Crippen LogP contribution < -0.4 is 10.0 Å². The second kappa shape index (κ2) is 9.43. The van der Waals surface area contributed by atoms with Crippen LogP contribution in [0.5, 0.6) is 0 Å². The van der Waals surface area contributed by atoms with Gasteiger partial charge in [-0.05, 0) is 20.3 Å². The van der Waals surface area contributed by atoms with E-state index in [1.807, 2.05) is 0 Å². The quantitative estimate of drug-likeness (QED) is 0.558. The molecule has 0 aliphatic heterocycles. The highest BCUT2D eigenvalue weighted by Gasteiger charge is 1.85. The van der Waals surface area contributed by atoms with Crippen LogP contribution >= 0.6 is 0 Å². The Hall–Kier alpha value is -0.570. The Labute approximate surface area is 69.0 Å². The van der Waals surface area contributed by atoms with Crippen LogP contribution in [-0.4, -0.2) is 26.1 Å². The van der Waals surface area contributed by atoms with Gasteiger partial charge in [-0.15, -0.1) is 0 Å². The van der Waals surface area contributed by atoms with Crippen LogP contribution in [0.2, 0.25) is 0 Å². The van der Waals surface area contributed by atoms with Crippen molar-refractivity contribution in [2.24, 2.45) is 0 Å². The largest absolute Gasteiger partial charge is 0.550 e. The monoisotopic (exact) mass is 161 g/mol. The molecule has 0 aromatic heterocycles. The average molecular weight is 161 g/mol. The first-order valence-corrected chi connectivity index (χ1v) is 4.09. The molecule has 0 radical (unpaired) electrons. The minimum absolute atomic E-state index is 0.111. The highest BCUT2D eigenvalue weighted by atomic mass is 16.4. The van der Waals surface area contributed by atoms with Gasteiger partial charge in [0.05, 0.1) is 20.1 Å². The van der Waals surface area contributed by atoms with Crippen LogP contribution in [0, 0.1) is 0 Å². The van der Waals surface area contributed by atoms with Crippen molar-refractivity contribution in [2.75, 3.05) is 20.1 Å². The van der Waals surface area contributed by atoms with Crippen molar-refractivity contribution < 1.29 is 14.8 Å². The highest BCUT2D eigenvalue weighted by Crippen LogP contribution is 1.61. The molecule has 0 bridgehead atoms. The summed E-state index contributed by atoms with van der Waals surface area (Å²) in [7, 11) is 2.19. The van der Waals surface area contributed by atoms with Crippen molar-refractivity contribution in [2.45, 2.75) is 27.2 Å². The van der Waals surface area contributed by atoms with Gasteiger partial charge < -0.3 is 14.8 Å². The lowest BCUT2D eigenvalue weighted by Crippen LogP contribution is -3.08. The summed E-state index contributed by atoms with van der Waals surface area (Å²) < 4.78 is 0. The summed E-state index contributed by atoms with van der Waals surface area (Å²) >= 11 is 0. The molecule has 0 fully saturated rings. The van der Waals surface area contributed by atoms with Gasteiger partial charge >= 0.3 is 0 Å². The molecule has 0 rings (SSSR count). The summed E-state index contributed by atoms with van der Waals surface area (Å²) in [5, 5.41) is 9.26. The minimum Gasteiger partial charge on any atom is -0.550 e. The first-order valence-electron chi connectivity index (χ1n) is 4.09. The Balaban J connectivity index is 0. The molecule has 1 N–H and O–H groups in total. The van der Waals surface area contributed by atoms with Gasteiger partial charge in [0.15, 0.2) is 0 Å². The Kier molecular flexibility index (Phi) is 11.2. The Morgan fingerprint density at radius 1 is 1.27 bits per heavy atom. The van der Waals surface area contributed by atoms with Crippen LogP contribution in [0.3, 0.4) is 0 Å². The molecule has 0 atom stereocenters. The highest BCUT2D eigenvalue weighted by molar-refractivity contribution is 5.63. The third kappa shape index (κ3) is 17.7. The number of rotatable bonds is 3. The second-order valence-corrected chi connectivity index (χ2v) is 2.39. The van der Waals surface area contributed by atoms with E-state index < -0.39 is 5.97 Å². The molecule has 11 heavy (non-hydrogen) atoms. The van der Waals surface area contributed by atoms with E-state index in [1.165, 1.54) is 20.0 Å².